The zero-order valence-corrected chi connectivity index (χ0v) is 19.9. The monoisotopic (exact) mass is 468 g/mol. The smallest absolute Gasteiger partial charge is 0.410 e. The molecular weight excluding hydrogens is 436 g/mol. The van der Waals surface area contributed by atoms with Crippen molar-refractivity contribution in [3.8, 4) is 5.75 Å². The fourth-order valence-electron chi connectivity index (χ4n) is 3.90. The minimum Gasteiger partial charge on any atom is -0.493 e. The number of carbonyl (C=O) groups excluding carboxylic acids is 2. The predicted octanol–water partition coefficient (Wildman–Crippen LogP) is 2.91. The average Bonchev–Trinajstić information content (AvgIpc) is 2.82. The molecule has 0 bridgehead atoms. The maximum Gasteiger partial charge on any atom is 0.410 e. The molecule has 2 N–H and O–H groups in total. The minimum atomic E-state index is -0.512. The molecule has 182 valence electrons. The zero-order chi connectivity index (χ0) is 24.1. The molecule has 2 aromatic rings. The van der Waals surface area contributed by atoms with E-state index in [1.165, 1.54) is 0 Å². The van der Waals surface area contributed by atoms with E-state index in [0.29, 0.717) is 51.0 Å². The average molecular weight is 469 g/mol. The number of nitrogens with zero attached hydrogens (tertiary/aromatic N) is 4. The number of hydrogen-bond acceptors (Lipinski definition) is 7. The number of piperazine rings is 1. The van der Waals surface area contributed by atoms with Gasteiger partial charge in [-0.1, -0.05) is 18.2 Å². The third-order valence-corrected chi connectivity index (χ3v) is 5.62. The first-order chi connectivity index (χ1) is 16.3. The van der Waals surface area contributed by atoms with Crippen molar-refractivity contribution in [1.29, 1.82) is 0 Å². The number of fused-ring (bicyclic) bond motifs is 1. The van der Waals surface area contributed by atoms with Gasteiger partial charge in [0.15, 0.2) is 0 Å². The van der Waals surface area contributed by atoms with E-state index in [-0.39, 0.29) is 18.0 Å². The first-order valence-electron chi connectivity index (χ1n) is 11.6. The van der Waals surface area contributed by atoms with Gasteiger partial charge in [-0.2, -0.15) is 0 Å². The Kier molecular flexibility index (Phi) is 7.04. The summed E-state index contributed by atoms with van der Waals surface area (Å²) in [6.45, 7) is 8.96. The summed E-state index contributed by atoms with van der Waals surface area (Å²) in [6.07, 6.45) is 3.74. The molecule has 3 amide bonds. The lowest BCUT2D eigenvalue weighted by molar-refractivity contribution is 0.0240. The van der Waals surface area contributed by atoms with Gasteiger partial charge in [0.1, 0.15) is 11.4 Å². The zero-order valence-electron chi connectivity index (χ0n) is 19.9. The molecule has 0 radical (unpaired) electrons. The third kappa shape index (κ3) is 6.27. The van der Waals surface area contributed by atoms with Gasteiger partial charge >= 0.3 is 12.1 Å². The fourth-order valence-corrected chi connectivity index (χ4v) is 3.90. The highest BCUT2D eigenvalue weighted by atomic mass is 16.6. The first-order valence-corrected chi connectivity index (χ1v) is 11.6. The van der Waals surface area contributed by atoms with Crippen LogP contribution in [0.5, 0.6) is 5.75 Å². The van der Waals surface area contributed by atoms with Gasteiger partial charge in [0, 0.05) is 38.6 Å². The van der Waals surface area contributed by atoms with Crippen LogP contribution >= 0.6 is 0 Å². The summed E-state index contributed by atoms with van der Waals surface area (Å²) in [5.41, 5.74) is 1.16. The van der Waals surface area contributed by atoms with E-state index in [1.807, 2.05) is 43.9 Å². The molecule has 1 aromatic heterocycles. The Labute approximate surface area is 199 Å². The fraction of sp³-hybridized carbons (Fsp3) is 0.500. The number of para-hydroxylation sites is 1. The van der Waals surface area contributed by atoms with Crippen LogP contribution in [0.4, 0.5) is 21.2 Å². The van der Waals surface area contributed by atoms with Crippen LogP contribution in [-0.4, -0.2) is 71.9 Å². The number of hydrogen-bond donors (Lipinski definition) is 2. The maximum absolute atomic E-state index is 12.3. The first kappa shape index (κ1) is 23.6. The molecule has 10 nitrogen and oxygen atoms in total. The van der Waals surface area contributed by atoms with Crippen molar-refractivity contribution in [3.05, 3.63) is 42.2 Å². The molecule has 1 aromatic carbocycles. The quantitative estimate of drug-likeness (QED) is 0.710. The normalized spacial score (nSPS) is 17.9. The van der Waals surface area contributed by atoms with Crippen LogP contribution in [0.15, 0.2) is 36.7 Å². The van der Waals surface area contributed by atoms with Crippen LogP contribution in [0.25, 0.3) is 0 Å². The molecule has 0 aliphatic carbocycles. The molecule has 0 saturated carbocycles. The number of carbonyl (C=O) groups is 2. The van der Waals surface area contributed by atoms with Gasteiger partial charge in [-0.15, -0.1) is 0 Å². The molecule has 2 aliphatic heterocycles. The largest absolute Gasteiger partial charge is 0.493 e. The predicted molar refractivity (Wildman–Crippen MR) is 128 cm³/mol. The van der Waals surface area contributed by atoms with E-state index in [1.54, 1.807) is 17.3 Å². The summed E-state index contributed by atoms with van der Waals surface area (Å²) in [4.78, 5) is 37.0. The summed E-state index contributed by atoms with van der Waals surface area (Å²) in [7, 11) is 0. The second-order valence-electron chi connectivity index (χ2n) is 9.55. The van der Waals surface area contributed by atoms with Gasteiger partial charge in [-0.05, 0) is 38.8 Å². The highest BCUT2D eigenvalue weighted by Crippen LogP contribution is 2.26. The van der Waals surface area contributed by atoms with E-state index in [9.17, 15) is 9.59 Å². The molecule has 2 aliphatic rings. The van der Waals surface area contributed by atoms with Crippen molar-refractivity contribution < 1.29 is 19.1 Å². The summed E-state index contributed by atoms with van der Waals surface area (Å²) in [6, 6.07) is 7.67. The van der Waals surface area contributed by atoms with E-state index in [4.69, 9.17) is 9.47 Å². The van der Waals surface area contributed by atoms with Crippen LogP contribution < -0.4 is 20.3 Å². The van der Waals surface area contributed by atoms with Crippen molar-refractivity contribution in [3.63, 3.8) is 0 Å². The molecule has 1 fully saturated rings. The second kappa shape index (κ2) is 10.1. The van der Waals surface area contributed by atoms with Crippen LogP contribution in [0, 0.1) is 5.92 Å². The van der Waals surface area contributed by atoms with E-state index in [0.717, 1.165) is 17.7 Å². The van der Waals surface area contributed by atoms with Gasteiger partial charge in [0.05, 0.1) is 24.7 Å². The van der Waals surface area contributed by atoms with Gasteiger partial charge in [-0.25, -0.2) is 19.6 Å². The molecule has 1 unspecified atom stereocenters. The Morgan fingerprint density at radius 1 is 1.12 bits per heavy atom. The number of rotatable bonds is 4. The third-order valence-electron chi connectivity index (χ3n) is 5.62. The summed E-state index contributed by atoms with van der Waals surface area (Å²) in [5, 5.41) is 5.67. The van der Waals surface area contributed by atoms with Gasteiger partial charge in [0.25, 0.3) is 0 Å². The SMILES string of the molecule is CC(C)(C)OC(=O)N1CCN(c2ncc(NC(=O)NCC3COc4ccccc4C3)cn2)CC1. The van der Waals surface area contributed by atoms with Crippen molar-refractivity contribution in [2.75, 3.05) is 49.5 Å². The lowest BCUT2D eigenvalue weighted by atomic mass is 9.97. The molecule has 4 rings (SSSR count). The number of amides is 3. The van der Waals surface area contributed by atoms with Crippen molar-refractivity contribution >= 4 is 23.8 Å². The lowest BCUT2D eigenvalue weighted by Gasteiger charge is -2.35. The van der Waals surface area contributed by atoms with Crippen LogP contribution in [0.2, 0.25) is 0 Å². The van der Waals surface area contributed by atoms with E-state index < -0.39 is 5.60 Å². The Bertz CT molecular complexity index is 999. The maximum atomic E-state index is 12.3. The number of nitrogens with one attached hydrogen (secondary N) is 2. The van der Waals surface area contributed by atoms with Crippen LogP contribution in [0.3, 0.4) is 0 Å². The molecule has 1 atom stereocenters. The van der Waals surface area contributed by atoms with E-state index in [2.05, 4.69) is 26.7 Å². The number of urea groups is 1. The number of ether oxygens (including phenoxy) is 2. The molecule has 0 spiro atoms. The molecule has 1 saturated heterocycles. The number of aromatic nitrogens is 2. The van der Waals surface area contributed by atoms with Crippen molar-refractivity contribution in [2.24, 2.45) is 5.92 Å². The van der Waals surface area contributed by atoms with Crippen LogP contribution in [0.1, 0.15) is 26.3 Å². The summed E-state index contributed by atoms with van der Waals surface area (Å²) >= 11 is 0. The van der Waals surface area contributed by atoms with Crippen molar-refractivity contribution in [2.45, 2.75) is 32.8 Å². The Morgan fingerprint density at radius 3 is 2.53 bits per heavy atom. The number of benzene rings is 1. The molecule has 10 heteroatoms. The highest BCUT2D eigenvalue weighted by molar-refractivity contribution is 5.88. The second-order valence-corrected chi connectivity index (χ2v) is 9.55. The molecule has 3 heterocycles. The van der Waals surface area contributed by atoms with Gasteiger partial charge in [0.2, 0.25) is 5.95 Å². The molecular formula is C24H32N6O4. The Hall–Kier alpha value is -3.56. The van der Waals surface area contributed by atoms with Crippen LogP contribution in [-0.2, 0) is 11.2 Å². The highest BCUT2D eigenvalue weighted by Gasteiger charge is 2.26. The standard InChI is InChI=1S/C24H32N6O4/c1-24(2,3)34-23(32)30-10-8-29(9-11-30)21-25-14-19(15-26-21)28-22(31)27-13-17-12-18-6-4-5-7-20(18)33-16-17/h4-7,14-15,17H,8-13,16H2,1-3H3,(H2,27,28,31). The Morgan fingerprint density at radius 2 is 1.82 bits per heavy atom. The summed E-state index contributed by atoms with van der Waals surface area (Å²) < 4.78 is 11.2. The topological polar surface area (TPSA) is 109 Å². The molecule has 34 heavy (non-hydrogen) atoms. The minimum absolute atomic E-state index is 0.221. The van der Waals surface area contributed by atoms with E-state index >= 15 is 0 Å². The summed E-state index contributed by atoms with van der Waals surface area (Å²) in [5.74, 6) is 1.71. The lowest BCUT2D eigenvalue weighted by Crippen LogP contribution is -2.50. The number of anilines is 2. The Balaban J connectivity index is 1.20. The van der Waals surface area contributed by atoms with Crippen molar-refractivity contribution in [1.82, 2.24) is 20.2 Å². The van der Waals surface area contributed by atoms with Gasteiger partial charge < -0.3 is 29.9 Å². The van der Waals surface area contributed by atoms with Gasteiger partial charge in [-0.3, -0.25) is 0 Å².